The fourth-order valence-corrected chi connectivity index (χ4v) is 5.06. The number of carbonyl (C=O) groups is 1. The van der Waals surface area contributed by atoms with Crippen LogP contribution in [0.1, 0.15) is 28.4 Å². The van der Waals surface area contributed by atoms with Crippen LogP contribution in [0.2, 0.25) is 0 Å². The van der Waals surface area contributed by atoms with Crippen LogP contribution in [0.25, 0.3) is 0 Å². The number of nitrogens with zero attached hydrogens (tertiary/aromatic N) is 3. The van der Waals surface area contributed by atoms with Crippen molar-refractivity contribution in [3.05, 3.63) is 77.9 Å². The highest BCUT2D eigenvalue weighted by Gasteiger charge is 2.24. The number of hydrogen-bond donors (Lipinski definition) is 0. The Morgan fingerprint density at radius 2 is 1.65 bits per heavy atom. The van der Waals surface area contributed by atoms with Crippen molar-refractivity contribution in [2.24, 2.45) is 0 Å². The number of carbonyl (C=O) groups excluding carboxylic acids is 1. The van der Waals surface area contributed by atoms with E-state index >= 15 is 0 Å². The van der Waals surface area contributed by atoms with Crippen LogP contribution in [0.15, 0.2) is 66.1 Å². The highest BCUT2D eigenvalue weighted by molar-refractivity contribution is 7.89. The molecule has 1 aliphatic rings. The molecule has 0 spiro atoms. The lowest BCUT2D eigenvalue weighted by atomic mass is 10.1. The lowest BCUT2D eigenvalue weighted by Gasteiger charge is -2.34. The van der Waals surface area contributed by atoms with Gasteiger partial charge in [-0.3, -0.25) is 4.79 Å². The number of likely N-dealkylation sites (N-methyl/N-ethyl adjacent to an activating group) is 1. The predicted molar refractivity (Wildman–Crippen MR) is 123 cm³/mol. The standard InChI is InChI=1S/C24H31N3O3S/c1-4-14-27(31(29,30)23-12-6-20(3)7-13-23)19-21-8-10-22(11-9-21)24(28)26-17-15-25(5-2)16-18-26/h4,6-13H,1,5,14-19H2,2-3H3. The van der Waals surface area contributed by atoms with E-state index in [2.05, 4.69) is 18.4 Å². The number of hydrogen-bond acceptors (Lipinski definition) is 4. The van der Waals surface area contributed by atoms with E-state index in [1.54, 1.807) is 42.5 Å². The Balaban J connectivity index is 1.71. The summed E-state index contributed by atoms with van der Waals surface area (Å²) in [6.07, 6.45) is 1.58. The summed E-state index contributed by atoms with van der Waals surface area (Å²) in [5.41, 5.74) is 2.46. The lowest BCUT2D eigenvalue weighted by molar-refractivity contribution is 0.0643. The monoisotopic (exact) mass is 441 g/mol. The first-order valence-corrected chi connectivity index (χ1v) is 12.1. The van der Waals surface area contributed by atoms with E-state index < -0.39 is 10.0 Å². The van der Waals surface area contributed by atoms with E-state index in [-0.39, 0.29) is 23.9 Å². The second-order valence-corrected chi connectivity index (χ2v) is 9.76. The van der Waals surface area contributed by atoms with Gasteiger partial charge in [0.25, 0.3) is 5.91 Å². The largest absolute Gasteiger partial charge is 0.336 e. The van der Waals surface area contributed by atoms with Crippen LogP contribution in [-0.2, 0) is 16.6 Å². The zero-order valence-electron chi connectivity index (χ0n) is 18.3. The van der Waals surface area contributed by atoms with Gasteiger partial charge in [-0.2, -0.15) is 4.31 Å². The highest BCUT2D eigenvalue weighted by Crippen LogP contribution is 2.20. The summed E-state index contributed by atoms with van der Waals surface area (Å²) in [4.78, 5) is 17.3. The van der Waals surface area contributed by atoms with Crippen molar-refractivity contribution < 1.29 is 13.2 Å². The summed E-state index contributed by atoms with van der Waals surface area (Å²) < 4.78 is 27.6. The first-order chi connectivity index (χ1) is 14.8. The second kappa shape index (κ2) is 10.2. The molecular formula is C24H31N3O3S. The van der Waals surface area contributed by atoms with Gasteiger partial charge in [0.05, 0.1) is 4.90 Å². The molecule has 7 heteroatoms. The fraction of sp³-hybridized carbons (Fsp3) is 0.375. The van der Waals surface area contributed by atoms with Crippen molar-refractivity contribution in [3.63, 3.8) is 0 Å². The quantitative estimate of drug-likeness (QED) is 0.591. The number of aryl methyl sites for hydroxylation is 1. The van der Waals surface area contributed by atoms with Gasteiger partial charge in [0.2, 0.25) is 10.0 Å². The normalized spacial score (nSPS) is 15.3. The molecule has 0 bridgehead atoms. The Morgan fingerprint density at radius 3 is 2.19 bits per heavy atom. The molecule has 1 fully saturated rings. The molecule has 1 aliphatic heterocycles. The number of piperazine rings is 1. The molecule has 3 rings (SSSR count). The van der Waals surface area contributed by atoms with Crippen LogP contribution in [0, 0.1) is 6.92 Å². The average molecular weight is 442 g/mol. The molecule has 0 aliphatic carbocycles. The molecular weight excluding hydrogens is 410 g/mol. The van der Waals surface area contributed by atoms with E-state index in [9.17, 15) is 13.2 Å². The summed E-state index contributed by atoms with van der Waals surface area (Å²) in [6, 6.07) is 14.1. The summed E-state index contributed by atoms with van der Waals surface area (Å²) >= 11 is 0. The van der Waals surface area contributed by atoms with Crippen LogP contribution in [0.4, 0.5) is 0 Å². The first-order valence-electron chi connectivity index (χ1n) is 10.6. The fourth-order valence-electron chi connectivity index (χ4n) is 3.66. The maximum Gasteiger partial charge on any atom is 0.253 e. The Hall–Kier alpha value is -2.48. The topological polar surface area (TPSA) is 60.9 Å². The van der Waals surface area contributed by atoms with Gasteiger partial charge in [-0.15, -0.1) is 6.58 Å². The predicted octanol–water partition coefficient (Wildman–Crippen LogP) is 3.15. The SMILES string of the molecule is C=CCN(Cc1ccc(C(=O)N2CCN(CC)CC2)cc1)S(=O)(=O)c1ccc(C)cc1. The number of amides is 1. The number of sulfonamides is 1. The van der Waals surface area contributed by atoms with Gasteiger partial charge in [-0.05, 0) is 43.3 Å². The third-order valence-corrected chi connectivity index (χ3v) is 7.48. The van der Waals surface area contributed by atoms with Gasteiger partial charge in [0.15, 0.2) is 0 Å². The molecule has 0 radical (unpaired) electrons. The minimum absolute atomic E-state index is 0.0255. The molecule has 0 atom stereocenters. The second-order valence-electron chi connectivity index (χ2n) is 7.82. The Morgan fingerprint density at radius 1 is 1.03 bits per heavy atom. The molecule has 6 nitrogen and oxygen atoms in total. The van der Waals surface area contributed by atoms with Crippen LogP contribution in [0.3, 0.4) is 0 Å². The molecule has 166 valence electrons. The van der Waals surface area contributed by atoms with Gasteiger partial charge >= 0.3 is 0 Å². The van der Waals surface area contributed by atoms with Crippen LogP contribution in [0.5, 0.6) is 0 Å². The van der Waals surface area contributed by atoms with Crippen molar-refractivity contribution in [1.82, 2.24) is 14.1 Å². The van der Waals surface area contributed by atoms with E-state index in [1.165, 1.54) is 4.31 Å². The third kappa shape index (κ3) is 5.61. The lowest BCUT2D eigenvalue weighted by Crippen LogP contribution is -2.48. The van der Waals surface area contributed by atoms with Crippen LogP contribution < -0.4 is 0 Å². The first kappa shape index (κ1) is 23.2. The highest BCUT2D eigenvalue weighted by atomic mass is 32.2. The maximum atomic E-state index is 13.1. The molecule has 31 heavy (non-hydrogen) atoms. The molecule has 2 aromatic rings. The Labute approximate surface area is 185 Å². The van der Waals surface area contributed by atoms with Gasteiger partial charge < -0.3 is 9.80 Å². The van der Waals surface area contributed by atoms with Gasteiger partial charge in [-0.25, -0.2) is 8.42 Å². The number of benzene rings is 2. The molecule has 0 unspecified atom stereocenters. The molecule has 0 saturated carbocycles. The van der Waals surface area contributed by atoms with Crippen LogP contribution >= 0.6 is 0 Å². The van der Waals surface area contributed by atoms with Gasteiger partial charge in [0, 0.05) is 44.8 Å². The smallest absolute Gasteiger partial charge is 0.253 e. The summed E-state index contributed by atoms with van der Waals surface area (Å²) in [5.74, 6) is 0.0255. The minimum atomic E-state index is -3.65. The number of rotatable bonds is 8. The zero-order chi connectivity index (χ0) is 22.4. The third-order valence-electron chi connectivity index (χ3n) is 5.66. The van der Waals surface area contributed by atoms with E-state index in [1.807, 2.05) is 24.0 Å². The van der Waals surface area contributed by atoms with Crippen molar-refractivity contribution in [3.8, 4) is 0 Å². The minimum Gasteiger partial charge on any atom is -0.336 e. The van der Waals surface area contributed by atoms with E-state index in [0.29, 0.717) is 5.56 Å². The zero-order valence-corrected chi connectivity index (χ0v) is 19.1. The maximum absolute atomic E-state index is 13.1. The summed E-state index contributed by atoms with van der Waals surface area (Å²) in [7, 11) is -3.65. The molecule has 1 amide bonds. The summed E-state index contributed by atoms with van der Waals surface area (Å²) in [5, 5.41) is 0. The van der Waals surface area contributed by atoms with Crippen LogP contribution in [-0.4, -0.2) is 67.7 Å². The van der Waals surface area contributed by atoms with Crippen molar-refractivity contribution in [1.29, 1.82) is 0 Å². The molecule has 2 aromatic carbocycles. The van der Waals surface area contributed by atoms with E-state index in [0.717, 1.165) is 43.9 Å². The van der Waals surface area contributed by atoms with Crippen molar-refractivity contribution in [2.45, 2.75) is 25.3 Å². The molecule has 0 N–H and O–H groups in total. The molecule has 0 aromatic heterocycles. The van der Waals surface area contributed by atoms with Gasteiger partial charge in [0.1, 0.15) is 0 Å². The Kier molecular flexibility index (Phi) is 7.64. The van der Waals surface area contributed by atoms with E-state index in [4.69, 9.17) is 0 Å². The molecule has 1 heterocycles. The van der Waals surface area contributed by atoms with Crippen molar-refractivity contribution in [2.75, 3.05) is 39.3 Å². The van der Waals surface area contributed by atoms with Crippen molar-refractivity contribution >= 4 is 15.9 Å². The Bertz CT molecular complexity index is 993. The van der Waals surface area contributed by atoms with Gasteiger partial charge in [-0.1, -0.05) is 42.8 Å². The molecule has 1 saturated heterocycles. The average Bonchev–Trinajstić information content (AvgIpc) is 2.79. The summed E-state index contributed by atoms with van der Waals surface area (Å²) in [6.45, 7) is 12.4.